The largest absolute Gasteiger partial charge is 0.416 e. The third-order valence-electron chi connectivity index (χ3n) is 4.71. The number of nitrogens with zero attached hydrogens (tertiary/aromatic N) is 2. The number of carbonyl (C=O) groups is 3. The first-order valence-electron chi connectivity index (χ1n) is 8.89. The molecule has 1 aromatic heterocycles. The number of hydrogen-bond acceptors (Lipinski definition) is 5. The van der Waals surface area contributed by atoms with Gasteiger partial charge in [-0.2, -0.15) is 13.2 Å². The van der Waals surface area contributed by atoms with Gasteiger partial charge in [-0.15, -0.1) is 11.3 Å². The molecule has 0 bridgehead atoms. The van der Waals surface area contributed by atoms with Crippen LogP contribution in [0, 0.1) is 5.92 Å². The summed E-state index contributed by atoms with van der Waals surface area (Å²) in [5.74, 6) is -1.08. The SMILES string of the molecule is CC(=O)c1csc(NC(=O)C2CCN(C(=O)c3ccc(C(F)(F)F)cc3)CC2)n1. The van der Waals surface area contributed by atoms with Gasteiger partial charge in [0.15, 0.2) is 10.9 Å². The molecule has 1 fully saturated rings. The van der Waals surface area contributed by atoms with Crippen molar-refractivity contribution in [1.29, 1.82) is 0 Å². The summed E-state index contributed by atoms with van der Waals surface area (Å²) < 4.78 is 37.9. The van der Waals surface area contributed by atoms with E-state index in [0.29, 0.717) is 36.8 Å². The highest BCUT2D eigenvalue weighted by Crippen LogP contribution is 2.29. The fourth-order valence-corrected chi connectivity index (χ4v) is 3.78. The summed E-state index contributed by atoms with van der Waals surface area (Å²) in [4.78, 5) is 41.7. The van der Waals surface area contributed by atoms with Gasteiger partial charge in [-0.05, 0) is 37.1 Å². The summed E-state index contributed by atoms with van der Waals surface area (Å²) >= 11 is 1.17. The molecule has 1 aliphatic heterocycles. The number of aromatic nitrogens is 1. The van der Waals surface area contributed by atoms with Crippen molar-refractivity contribution >= 4 is 34.1 Å². The summed E-state index contributed by atoms with van der Waals surface area (Å²) in [6.45, 7) is 2.05. The van der Waals surface area contributed by atoms with Gasteiger partial charge < -0.3 is 10.2 Å². The molecule has 29 heavy (non-hydrogen) atoms. The predicted octanol–water partition coefficient (Wildman–Crippen LogP) is 3.86. The van der Waals surface area contributed by atoms with E-state index >= 15 is 0 Å². The van der Waals surface area contributed by atoms with Gasteiger partial charge >= 0.3 is 6.18 Å². The number of rotatable bonds is 4. The highest BCUT2D eigenvalue weighted by Gasteiger charge is 2.31. The fourth-order valence-electron chi connectivity index (χ4n) is 3.03. The van der Waals surface area contributed by atoms with E-state index in [1.807, 2.05) is 0 Å². The van der Waals surface area contributed by atoms with E-state index in [1.54, 1.807) is 5.38 Å². The maximum absolute atomic E-state index is 12.6. The van der Waals surface area contributed by atoms with Crippen molar-refractivity contribution in [2.24, 2.45) is 5.92 Å². The molecule has 10 heteroatoms. The molecule has 0 aliphatic carbocycles. The molecular formula is C19H18F3N3O3S. The number of likely N-dealkylation sites (tertiary alicyclic amines) is 1. The lowest BCUT2D eigenvalue weighted by Crippen LogP contribution is -2.41. The summed E-state index contributed by atoms with van der Waals surface area (Å²) in [6.07, 6.45) is -3.58. The van der Waals surface area contributed by atoms with Crippen LogP contribution >= 0.6 is 11.3 Å². The number of Topliss-reactive ketones (excluding diaryl/α,β-unsaturated/α-hetero) is 1. The molecule has 2 aromatic rings. The van der Waals surface area contributed by atoms with Gasteiger partial charge in [0.1, 0.15) is 5.69 Å². The standard InChI is InChI=1S/C19H18F3N3O3S/c1-11(26)15-10-29-18(23-15)24-16(27)12-6-8-25(9-7-12)17(28)13-2-4-14(5-3-13)19(20,21)22/h2-5,10,12H,6-9H2,1H3,(H,23,24,27). The number of thiazole rings is 1. The van der Waals surface area contributed by atoms with Crippen LogP contribution in [0.3, 0.4) is 0 Å². The zero-order valence-electron chi connectivity index (χ0n) is 15.5. The third-order valence-corrected chi connectivity index (χ3v) is 5.46. The van der Waals surface area contributed by atoms with Gasteiger partial charge in [-0.25, -0.2) is 4.98 Å². The van der Waals surface area contributed by atoms with Crippen molar-refractivity contribution in [2.45, 2.75) is 25.9 Å². The quantitative estimate of drug-likeness (QED) is 0.755. The number of halogens is 3. The average molecular weight is 425 g/mol. The molecule has 1 saturated heterocycles. The van der Waals surface area contributed by atoms with E-state index in [2.05, 4.69) is 10.3 Å². The second-order valence-electron chi connectivity index (χ2n) is 6.72. The first-order valence-corrected chi connectivity index (χ1v) is 9.77. The van der Waals surface area contributed by atoms with Crippen LogP contribution in [-0.4, -0.2) is 40.6 Å². The van der Waals surface area contributed by atoms with E-state index in [4.69, 9.17) is 0 Å². The molecule has 2 heterocycles. The number of anilines is 1. The molecule has 0 atom stereocenters. The molecule has 154 valence electrons. The van der Waals surface area contributed by atoms with Crippen molar-refractivity contribution in [3.63, 3.8) is 0 Å². The number of carbonyl (C=O) groups excluding carboxylic acids is 3. The molecule has 6 nitrogen and oxygen atoms in total. The van der Waals surface area contributed by atoms with Crippen LogP contribution in [0.15, 0.2) is 29.6 Å². The van der Waals surface area contributed by atoms with Crippen molar-refractivity contribution in [3.05, 3.63) is 46.5 Å². The van der Waals surface area contributed by atoms with E-state index < -0.39 is 11.7 Å². The van der Waals surface area contributed by atoms with Gasteiger partial charge in [0.05, 0.1) is 5.56 Å². The molecule has 2 amide bonds. The maximum atomic E-state index is 12.6. The molecule has 0 unspecified atom stereocenters. The minimum absolute atomic E-state index is 0.181. The molecule has 1 aromatic carbocycles. The van der Waals surface area contributed by atoms with E-state index in [-0.39, 0.29) is 29.1 Å². The van der Waals surface area contributed by atoms with Crippen LogP contribution in [-0.2, 0) is 11.0 Å². The van der Waals surface area contributed by atoms with Gasteiger partial charge in [-0.1, -0.05) is 0 Å². The van der Waals surface area contributed by atoms with E-state index in [1.165, 1.54) is 35.3 Å². The van der Waals surface area contributed by atoms with Crippen molar-refractivity contribution in [1.82, 2.24) is 9.88 Å². The lowest BCUT2D eigenvalue weighted by atomic mass is 9.95. The number of benzene rings is 1. The van der Waals surface area contributed by atoms with Gasteiger partial charge in [0.2, 0.25) is 5.91 Å². The Morgan fingerprint density at radius 3 is 2.28 bits per heavy atom. The molecule has 3 rings (SSSR count). The fraction of sp³-hybridized carbons (Fsp3) is 0.368. The highest BCUT2D eigenvalue weighted by molar-refractivity contribution is 7.14. The van der Waals surface area contributed by atoms with E-state index in [9.17, 15) is 27.6 Å². The van der Waals surface area contributed by atoms with Crippen LogP contribution in [0.5, 0.6) is 0 Å². The van der Waals surface area contributed by atoms with Crippen LogP contribution in [0.1, 0.15) is 46.2 Å². The molecule has 1 aliphatic rings. The minimum Gasteiger partial charge on any atom is -0.339 e. The summed E-state index contributed by atoms with van der Waals surface area (Å²) in [6, 6.07) is 4.10. The zero-order chi connectivity index (χ0) is 21.2. The number of amides is 2. The Kier molecular flexibility index (Phi) is 6.02. The lowest BCUT2D eigenvalue weighted by Gasteiger charge is -2.31. The monoisotopic (exact) mass is 425 g/mol. The Morgan fingerprint density at radius 1 is 1.14 bits per heavy atom. The van der Waals surface area contributed by atoms with Crippen molar-refractivity contribution in [3.8, 4) is 0 Å². The number of nitrogens with one attached hydrogen (secondary N) is 1. The Morgan fingerprint density at radius 2 is 1.76 bits per heavy atom. The van der Waals surface area contributed by atoms with Crippen LogP contribution in [0.2, 0.25) is 0 Å². The number of piperidine rings is 1. The molecule has 0 radical (unpaired) electrons. The average Bonchev–Trinajstić information content (AvgIpc) is 3.16. The molecule has 0 saturated carbocycles. The number of alkyl halides is 3. The van der Waals surface area contributed by atoms with Gasteiger partial charge in [0, 0.05) is 36.9 Å². The molecule has 0 spiro atoms. The zero-order valence-corrected chi connectivity index (χ0v) is 16.3. The van der Waals surface area contributed by atoms with Crippen LogP contribution in [0.25, 0.3) is 0 Å². The van der Waals surface area contributed by atoms with E-state index in [0.717, 1.165) is 12.1 Å². The summed E-state index contributed by atoms with van der Waals surface area (Å²) in [5, 5.41) is 4.61. The van der Waals surface area contributed by atoms with Crippen LogP contribution < -0.4 is 5.32 Å². The number of ketones is 1. The summed E-state index contributed by atoms with van der Waals surface area (Å²) in [5.41, 5.74) is -0.331. The Balaban J connectivity index is 1.54. The van der Waals surface area contributed by atoms with Gasteiger partial charge in [0.25, 0.3) is 5.91 Å². The second kappa shape index (κ2) is 8.32. The van der Waals surface area contributed by atoms with Crippen LogP contribution in [0.4, 0.5) is 18.3 Å². The topological polar surface area (TPSA) is 79.4 Å². The van der Waals surface area contributed by atoms with Crippen molar-refractivity contribution in [2.75, 3.05) is 18.4 Å². The smallest absolute Gasteiger partial charge is 0.339 e. The minimum atomic E-state index is -4.45. The number of hydrogen-bond donors (Lipinski definition) is 1. The molecule has 1 N–H and O–H groups in total. The lowest BCUT2D eigenvalue weighted by molar-refractivity contribution is -0.137. The van der Waals surface area contributed by atoms with Gasteiger partial charge in [-0.3, -0.25) is 14.4 Å². The first-order chi connectivity index (χ1) is 13.6. The Bertz CT molecular complexity index is 917. The normalized spacial score (nSPS) is 15.2. The Labute approximate surface area is 168 Å². The maximum Gasteiger partial charge on any atom is 0.416 e. The van der Waals surface area contributed by atoms with Crippen molar-refractivity contribution < 1.29 is 27.6 Å². The Hall–Kier alpha value is -2.75. The first kappa shape index (κ1) is 21.0. The third kappa shape index (κ3) is 5.00. The predicted molar refractivity (Wildman–Crippen MR) is 101 cm³/mol. The molecular weight excluding hydrogens is 407 g/mol. The summed E-state index contributed by atoms with van der Waals surface area (Å²) in [7, 11) is 0. The highest BCUT2D eigenvalue weighted by atomic mass is 32.1. The second-order valence-corrected chi connectivity index (χ2v) is 7.58.